The molecule has 0 aliphatic carbocycles. The van der Waals surface area contributed by atoms with Gasteiger partial charge in [-0.05, 0) is 13.3 Å². The lowest BCUT2D eigenvalue weighted by Gasteiger charge is -2.22. The van der Waals surface area contributed by atoms with E-state index in [1.807, 2.05) is 6.92 Å². The number of ether oxygens (including phenoxy) is 2. The molecule has 1 atom stereocenters. The normalized spacial score (nSPS) is 16.2. The summed E-state index contributed by atoms with van der Waals surface area (Å²) in [7, 11) is 0. The zero-order chi connectivity index (χ0) is 13.3. The number of anilines is 1. The highest BCUT2D eigenvalue weighted by atomic mass is 35.5. The lowest BCUT2D eigenvalue weighted by Crippen LogP contribution is -2.47. The number of rotatable bonds is 3. The molecule has 1 aromatic rings. The van der Waals surface area contributed by atoms with Gasteiger partial charge >= 0.3 is 0 Å². The van der Waals surface area contributed by atoms with Crippen LogP contribution in [0.5, 0.6) is 11.5 Å². The third kappa shape index (κ3) is 2.37. The molecule has 1 heterocycles. The Morgan fingerprint density at radius 1 is 1.50 bits per heavy atom. The lowest BCUT2D eigenvalue weighted by molar-refractivity contribution is -0.120. The maximum Gasteiger partial charge on any atom is 0.244 e. The molecule has 5 nitrogen and oxygen atoms in total. The molecule has 0 radical (unpaired) electrons. The molecule has 1 aromatic carbocycles. The van der Waals surface area contributed by atoms with E-state index in [-0.39, 0.29) is 12.7 Å². The summed E-state index contributed by atoms with van der Waals surface area (Å²) in [4.78, 5) is 12.0. The summed E-state index contributed by atoms with van der Waals surface area (Å²) in [6.45, 7) is 3.68. The predicted octanol–water partition coefficient (Wildman–Crippen LogP) is 2.13. The molecule has 3 N–H and O–H groups in total. The Bertz CT molecular complexity index is 488. The summed E-state index contributed by atoms with van der Waals surface area (Å²) < 4.78 is 10.4. The number of carbonyl (C=O) groups excluding carboxylic acids is 1. The van der Waals surface area contributed by atoms with Crippen LogP contribution in [0.4, 0.5) is 5.69 Å². The molecule has 0 fully saturated rings. The summed E-state index contributed by atoms with van der Waals surface area (Å²) >= 11 is 6.05. The first-order chi connectivity index (χ1) is 8.44. The Hall–Kier alpha value is -1.46. The van der Waals surface area contributed by atoms with Crippen molar-refractivity contribution in [3.8, 4) is 11.5 Å². The Kier molecular flexibility index (Phi) is 3.36. The molecule has 0 saturated carbocycles. The fourth-order valence-electron chi connectivity index (χ4n) is 1.44. The van der Waals surface area contributed by atoms with E-state index >= 15 is 0 Å². The minimum Gasteiger partial charge on any atom is -0.454 e. The van der Waals surface area contributed by atoms with Crippen LogP contribution < -0.4 is 20.5 Å². The van der Waals surface area contributed by atoms with E-state index in [0.29, 0.717) is 28.6 Å². The molecule has 6 heteroatoms. The monoisotopic (exact) mass is 270 g/mol. The number of halogens is 1. The molecular formula is C12H15ClN2O3. The van der Waals surface area contributed by atoms with E-state index in [1.165, 1.54) is 0 Å². The van der Waals surface area contributed by atoms with Gasteiger partial charge in [0.25, 0.3) is 0 Å². The fraction of sp³-hybridized carbons (Fsp3) is 0.417. The van der Waals surface area contributed by atoms with E-state index in [0.717, 1.165) is 0 Å². The van der Waals surface area contributed by atoms with Gasteiger partial charge in [-0.1, -0.05) is 18.5 Å². The van der Waals surface area contributed by atoms with Gasteiger partial charge in [-0.25, -0.2) is 0 Å². The van der Waals surface area contributed by atoms with Gasteiger partial charge in [0.1, 0.15) is 0 Å². The Labute approximate surface area is 110 Å². The molecule has 1 aliphatic rings. The van der Waals surface area contributed by atoms with Crippen LogP contribution in [0.15, 0.2) is 12.1 Å². The molecule has 0 bridgehead atoms. The molecule has 0 aromatic heterocycles. The number of hydrogen-bond donors (Lipinski definition) is 2. The standard InChI is InChI=1S/C12H15ClN2O3/c1-3-12(2,14)11(16)15-8-5-10-9(4-7(8)13)17-6-18-10/h4-5H,3,6,14H2,1-2H3,(H,15,16). The summed E-state index contributed by atoms with van der Waals surface area (Å²) in [6, 6.07) is 3.24. The van der Waals surface area contributed by atoms with E-state index in [1.54, 1.807) is 19.1 Å². The number of benzene rings is 1. The van der Waals surface area contributed by atoms with Crippen LogP contribution in [0, 0.1) is 0 Å². The first-order valence-corrected chi connectivity index (χ1v) is 6.01. The molecule has 1 amide bonds. The summed E-state index contributed by atoms with van der Waals surface area (Å²) in [5, 5.41) is 3.09. The van der Waals surface area contributed by atoms with Crippen LogP contribution in [0.1, 0.15) is 20.3 Å². The van der Waals surface area contributed by atoms with Crippen LogP contribution >= 0.6 is 11.6 Å². The minimum absolute atomic E-state index is 0.159. The van der Waals surface area contributed by atoms with Crippen molar-refractivity contribution < 1.29 is 14.3 Å². The van der Waals surface area contributed by atoms with E-state index in [9.17, 15) is 4.79 Å². The predicted molar refractivity (Wildman–Crippen MR) is 69.1 cm³/mol. The van der Waals surface area contributed by atoms with Crippen molar-refractivity contribution in [3.05, 3.63) is 17.2 Å². The Morgan fingerprint density at radius 3 is 2.72 bits per heavy atom. The van der Waals surface area contributed by atoms with Crippen molar-refractivity contribution in [2.75, 3.05) is 12.1 Å². The van der Waals surface area contributed by atoms with Crippen LogP contribution in [-0.4, -0.2) is 18.2 Å². The molecule has 0 saturated heterocycles. The van der Waals surface area contributed by atoms with E-state index in [4.69, 9.17) is 26.8 Å². The molecule has 98 valence electrons. The van der Waals surface area contributed by atoms with Crippen LogP contribution in [0.25, 0.3) is 0 Å². The van der Waals surface area contributed by atoms with E-state index < -0.39 is 5.54 Å². The second kappa shape index (κ2) is 4.66. The van der Waals surface area contributed by atoms with Gasteiger partial charge in [-0.3, -0.25) is 4.79 Å². The highest BCUT2D eigenvalue weighted by molar-refractivity contribution is 6.34. The second-order valence-corrected chi connectivity index (χ2v) is 4.82. The Morgan fingerprint density at radius 2 is 2.11 bits per heavy atom. The molecule has 18 heavy (non-hydrogen) atoms. The van der Waals surface area contributed by atoms with E-state index in [2.05, 4.69) is 5.32 Å². The quantitative estimate of drug-likeness (QED) is 0.882. The fourth-order valence-corrected chi connectivity index (χ4v) is 1.64. The average Bonchev–Trinajstić information content (AvgIpc) is 2.76. The summed E-state index contributed by atoms with van der Waals surface area (Å²) in [5.74, 6) is 0.847. The number of nitrogens with one attached hydrogen (secondary N) is 1. The Balaban J connectivity index is 2.22. The van der Waals surface area contributed by atoms with Crippen molar-refractivity contribution >= 4 is 23.2 Å². The van der Waals surface area contributed by atoms with Gasteiger partial charge in [-0.15, -0.1) is 0 Å². The van der Waals surface area contributed by atoms with Gasteiger partial charge in [0.15, 0.2) is 11.5 Å². The number of amides is 1. The van der Waals surface area contributed by atoms with Crippen molar-refractivity contribution in [1.82, 2.24) is 0 Å². The molecule has 1 unspecified atom stereocenters. The van der Waals surface area contributed by atoms with Crippen molar-refractivity contribution in [3.63, 3.8) is 0 Å². The average molecular weight is 271 g/mol. The zero-order valence-corrected chi connectivity index (χ0v) is 11.0. The van der Waals surface area contributed by atoms with Gasteiger partial charge in [0.2, 0.25) is 12.7 Å². The third-order valence-electron chi connectivity index (χ3n) is 2.96. The highest BCUT2D eigenvalue weighted by Gasteiger charge is 2.27. The van der Waals surface area contributed by atoms with Crippen LogP contribution in [0.2, 0.25) is 5.02 Å². The number of nitrogens with two attached hydrogens (primary N) is 1. The number of carbonyl (C=O) groups is 1. The van der Waals surface area contributed by atoms with Gasteiger partial charge in [0.05, 0.1) is 16.2 Å². The lowest BCUT2D eigenvalue weighted by atomic mass is 9.99. The maximum absolute atomic E-state index is 12.0. The molecule has 2 rings (SSSR count). The smallest absolute Gasteiger partial charge is 0.244 e. The topological polar surface area (TPSA) is 73.6 Å². The van der Waals surface area contributed by atoms with Gasteiger partial charge in [-0.2, -0.15) is 0 Å². The largest absolute Gasteiger partial charge is 0.454 e. The molecule has 0 spiro atoms. The first-order valence-electron chi connectivity index (χ1n) is 5.63. The molecule has 1 aliphatic heterocycles. The zero-order valence-electron chi connectivity index (χ0n) is 10.2. The third-order valence-corrected chi connectivity index (χ3v) is 3.28. The van der Waals surface area contributed by atoms with Crippen molar-refractivity contribution in [2.24, 2.45) is 5.73 Å². The first kappa shape index (κ1) is 13.0. The number of hydrogen-bond acceptors (Lipinski definition) is 4. The van der Waals surface area contributed by atoms with Crippen LogP contribution in [0.3, 0.4) is 0 Å². The second-order valence-electron chi connectivity index (χ2n) is 4.41. The number of fused-ring (bicyclic) bond motifs is 1. The summed E-state index contributed by atoms with van der Waals surface area (Å²) in [6.07, 6.45) is 0.529. The van der Waals surface area contributed by atoms with Gasteiger partial charge < -0.3 is 20.5 Å². The highest BCUT2D eigenvalue weighted by Crippen LogP contribution is 2.39. The SMILES string of the molecule is CCC(C)(N)C(=O)Nc1cc2c(cc1Cl)OCO2. The van der Waals surface area contributed by atoms with Crippen molar-refractivity contribution in [2.45, 2.75) is 25.8 Å². The van der Waals surface area contributed by atoms with Crippen molar-refractivity contribution in [1.29, 1.82) is 0 Å². The molecular weight excluding hydrogens is 256 g/mol. The maximum atomic E-state index is 12.0. The van der Waals surface area contributed by atoms with Crippen LogP contribution in [-0.2, 0) is 4.79 Å². The minimum atomic E-state index is -0.931. The summed E-state index contributed by atoms with van der Waals surface area (Å²) in [5.41, 5.74) is 5.40. The van der Waals surface area contributed by atoms with Gasteiger partial charge in [0, 0.05) is 12.1 Å².